The van der Waals surface area contributed by atoms with E-state index in [1.165, 1.54) is 12.8 Å². The average molecular weight is 381 g/mol. The number of piperidine rings is 1. The fourth-order valence-corrected chi connectivity index (χ4v) is 3.54. The highest BCUT2D eigenvalue weighted by atomic mass is 35.5. The van der Waals surface area contributed by atoms with Gasteiger partial charge in [0.25, 0.3) is 0 Å². The molecule has 144 valence electrons. The van der Waals surface area contributed by atoms with Gasteiger partial charge in [-0.25, -0.2) is 14.8 Å². The maximum atomic E-state index is 12.2. The van der Waals surface area contributed by atoms with Gasteiger partial charge in [0.2, 0.25) is 0 Å². The summed E-state index contributed by atoms with van der Waals surface area (Å²) >= 11 is 6.20. The van der Waals surface area contributed by atoms with Crippen LogP contribution >= 0.6 is 11.6 Å². The molecule has 0 spiro atoms. The molecule has 0 atom stereocenters. The zero-order chi connectivity index (χ0) is 18.9. The molecule has 0 unspecified atom stereocenters. The van der Waals surface area contributed by atoms with Crippen molar-refractivity contribution in [3.63, 3.8) is 0 Å². The molecule has 1 saturated heterocycles. The minimum absolute atomic E-state index is 0.201. The van der Waals surface area contributed by atoms with Crippen LogP contribution in [0.5, 0.6) is 0 Å². The summed E-state index contributed by atoms with van der Waals surface area (Å²) in [7, 11) is 0. The molecule has 0 radical (unpaired) electrons. The number of hydrogen-bond acceptors (Lipinski definition) is 5. The molecule has 26 heavy (non-hydrogen) atoms. The number of hydrogen-bond donors (Lipinski definition) is 0. The minimum atomic E-state index is -0.444. The lowest BCUT2D eigenvalue weighted by Gasteiger charge is -2.36. The Morgan fingerprint density at radius 3 is 2.50 bits per heavy atom. The molecule has 0 N–H and O–H groups in total. The first-order chi connectivity index (χ1) is 12.2. The van der Waals surface area contributed by atoms with Crippen LogP contribution in [0.1, 0.15) is 52.0 Å². The van der Waals surface area contributed by atoms with Crippen LogP contribution in [0, 0.1) is 12.8 Å². The van der Waals surface area contributed by atoms with Crippen molar-refractivity contribution in [1.82, 2.24) is 14.9 Å². The third-order valence-electron chi connectivity index (χ3n) is 4.98. The molecule has 0 aromatic carbocycles. The molecular formula is C19H29ClN4O2. The number of carbonyl (C=O) groups is 1. The first kappa shape index (κ1) is 19.2. The molecule has 1 saturated carbocycles. The van der Waals surface area contributed by atoms with Crippen molar-refractivity contribution in [2.45, 2.75) is 65.0 Å². The second-order valence-electron chi connectivity index (χ2n) is 8.41. The Bertz CT molecular complexity index is 649. The van der Waals surface area contributed by atoms with Crippen LogP contribution < -0.4 is 4.90 Å². The van der Waals surface area contributed by atoms with E-state index in [1.54, 1.807) is 6.33 Å². The molecule has 0 bridgehead atoms. The number of amides is 1. The van der Waals surface area contributed by atoms with Gasteiger partial charge in [0.1, 0.15) is 22.9 Å². The Morgan fingerprint density at radius 2 is 1.92 bits per heavy atom. The molecule has 1 aliphatic heterocycles. The van der Waals surface area contributed by atoms with Crippen LogP contribution in [-0.2, 0) is 4.74 Å². The van der Waals surface area contributed by atoms with Gasteiger partial charge in [-0.15, -0.1) is 0 Å². The quantitative estimate of drug-likeness (QED) is 0.737. The molecule has 1 amide bonds. The van der Waals surface area contributed by atoms with E-state index >= 15 is 0 Å². The van der Waals surface area contributed by atoms with Gasteiger partial charge in [0.15, 0.2) is 0 Å². The molecule has 1 aromatic heterocycles. The smallest absolute Gasteiger partial charge is 0.410 e. The summed E-state index contributed by atoms with van der Waals surface area (Å²) in [5.41, 5.74) is 0.507. The SMILES string of the molecule is Cc1c(Cl)ncnc1N(CC1CCN(C(=O)OC(C)(C)C)CC1)C1CC1. The number of rotatable bonds is 4. The monoisotopic (exact) mass is 380 g/mol. The summed E-state index contributed by atoms with van der Waals surface area (Å²) in [6.07, 6.45) is 5.73. The fraction of sp³-hybridized carbons (Fsp3) is 0.737. The van der Waals surface area contributed by atoms with Gasteiger partial charge in [-0.1, -0.05) is 11.6 Å². The number of carbonyl (C=O) groups excluding carboxylic acids is 1. The fourth-order valence-electron chi connectivity index (χ4n) is 3.41. The Hall–Kier alpha value is -1.56. The van der Waals surface area contributed by atoms with Crippen LogP contribution in [-0.4, -0.2) is 52.2 Å². The third kappa shape index (κ3) is 4.78. The van der Waals surface area contributed by atoms with E-state index in [9.17, 15) is 4.79 Å². The highest BCUT2D eigenvalue weighted by molar-refractivity contribution is 6.30. The topological polar surface area (TPSA) is 58.6 Å². The van der Waals surface area contributed by atoms with Gasteiger partial charge >= 0.3 is 6.09 Å². The van der Waals surface area contributed by atoms with Gasteiger partial charge in [-0.2, -0.15) is 0 Å². The zero-order valence-corrected chi connectivity index (χ0v) is 16.9. The number of likely N-dealkylation sites (tertiary alicyclic amines) is 1. The van der Waals surface area contributed by atoms with E-state index in [0.29, 0.717) is 17.1 Å². The van der Waals surface area contributed by atoms with Crippen molar-refractivity contribution in [2.75, 3.05) is 24.5 Å². The summed E-state index contributed by atoms with van der Waals surface area (Å²) < 4.78 is 5.48. The Balaban J connectivity index is 1.59. The first-order valence-electron chi connectivity index (χ1n) is 9.46. The number of nitrogens with zero attached hydrogens (tertiary/aromatic N) is 4. The standard InChI is InChI=1S/C19H29ClN4O2/c1-13-16(20)21-12-22-17(13)24(15-5-6-15)11-14-7-9-23(10-8-14)18(25)26-19(2,3)4/h12,14-15H,5-11H2,1-4H3. The third-order valence-corrected chi connectivity index (χ3v) is 5.36. The van der Waals surface area contributed by atoms with E-state index in [0.717, 1.165) is 43.9 Å². The van der Waals surface area contributed by atoms with Gasteiger partial charge in [0.05, 0.1) is 0 Å². The Morgan fingerprint density at radius 1 is 1.27 bits per heavy atom. The van der Waals surface area contributed by atoms with Crippen LogP contribution in [0.4, 0.5) is 10.6 Å². The lowest BCUT2D eigenvalue weighted by molar-refractivity contribution is 0.0186. The van der Waals surface area contributed by atoms with Gasteiger partial charge < -0.3 is 14.5 Å². The van der Waals surface area contributed by atoms with Gasteiger partial charge in [0, 0.05) is 31.2 Å². The highest BCUT2D eigenvalue weighted by Gasteiger charge is 2.34. The molecule has 3 rings (SSSR count). The molecule has 1 aliphatic carbocycles. The average Bonchev–Trinajstić information content (AvgIpc) is 3.39. The predicted octanol–water partition coefficient (Wildman–Crippen LogP) is 4.05. The normalized spacial score (nSPS) is 18.7. The number of halogens is 1. The van der Waals surface area contributed by atoms with Crippen LogP contribution in [0.15, 0.2) is 6.33 Å². The van der Waals surface area contributed by atoms with Crippen LogP contribution in [0.3, 0.4) is 0 Å². The van der Waals surface area contributed by atoms with Crippen molar-refractivity contribution >= 4 is 23.5 Å². The van der Waals surface area contributed by atoms with Crippen molar-refractivity contribution in [3.8, 4) is 0 Å². The summed E-state index contributed by atoms with van der Waals surface area (Å²) in [6, 6.07) is 0.559. The van der Waals surface area contributed by atoms with E-state index in [1.807, 2.05) is 32.6 Å². The number of aromatic nitrogens is 2. The summed E-state index contributed by atoms with van der Waals surface area (Å²) in [6.45, 7) is 10.2. The van der Waals surface area contributed by atoms with Crippen LogP contribution in [0.25, 0.3) is 0 Å². The Labute approximate surface area is 160 Å². The molecular weight excluding hydrogens is 352 g/mol. The lowest BCUT2D eigenvalue weighted by atomic mass is 9.96. The van der Waals surface area contributed by atoms with Crippen LogP contribution in [0.2, 0.25) is 5.15 Å². The summed E-state index contributed by atoms with van der Waals surface area (Å²) in [4.78, 5) is 25.0. The molecule has 1 aromatic rings. The van der Waals surface area contributed by atoms with E-state index in [4.69, 9.17) is 16.3 Å². The maximum absolute atomic E-state index is 12.2. The molecule has 2 aliphatic rings. The number of ether oxygens (including phenoxy) is 1. The molecule has 6 nitrogen and oxygen atoms in total. The van der Waals surface area contributed by atoms with Crippen molar-refractivity contribution in [3.05, 3.63) is 17.0 Å². The molecule has 7 heteroatoms. The predicted molar refractivity (Wildman–Crippen MR) is 103 cm³/mol. The van der Waals surface area contributed by atoms with E-state index in [-0.39, 0.29) is 6.09 Å². The van der Waals surface area contributed by atoms with Crippen molar-refractivity contribution in [1.29, 1.82) is 0 Å². The van der Waals surface area contributed by atoms with E-state index in [2.05, 4.69) is 14.9 Å². The first-order valence-corrected chi connectivity index (χ1v) is 9.84. The van der Waals surface area contributed by atoms with E-state index < -0.39 is 5.60 Å². The van der Waals surface area contributed by atoms with Crippen molar-refractivity contribution in [2.24, 2.45) is 5.92 Å². The van der Waals surface area contributed by atoms with Crippen molar-refractivity contribution < 1.29 is 9.53 Å². The molecule has 2 heterocycles. The minimum Gasteiger partial charge on any atom is -0.444 e. The second kappa shape index (κ2) is 7.59. The largest absolute Gasteiger partial charge is 0.444 e. The van der Waals surface area contributed by atoms with Gasteiger partial charge in [-0.05, 0) is 59.3 Å². The Kier molecular flexibility index (Phi) is 5.61. The summed E-state index contributed by atoms with van der Waals surface area (Å²) in [5, 5.41) is 0.528. The van der Waals surface area contributed by atoms with Gasteiger partial charge in [-0.3, -0.25) is 0 Å². The lowest BCUT2D eigenvalue weighted by Crippen LogP contribution is -2.44. The molecule has 2 fully saturated rings. The number of anilines is 1. The second-order valence-corrected chi connectivity index (χ2v) is 8.77. The highest BCUT2D eigenvalue weighted by Crippen LogP contribution is 2.35. The zero-order valence-electron chi connectivity index (χ0n) is 16.2. The maximum Gasteiger partial charge on any atom is 0.410 e. The summed E-state index contributed by atoms with van der Waals surface area (Å²) in [5.74, 6) is 1.50.